The van der Waals surface area contributed by atoms with Crippen molar-refractivity contribution in [2.45, 2.75) is 0 Å². The molecule has 1 aromatic heterocycles. The second-order valence-electron chi connectivity index (χ2n) is 8.70. The second kappa shape index (κ2) is 11.6. The van der Waals surface area contributed by atoms with Crippen LogP contribution in [-0.2, 0) is 19.1 Å². The van der Waals surface area contributed by atoms with E-state index in [-0.39, 0.29) is 4.91 Å². The Bertz CT molecular complexity index is 1440. The Kier molecular flexibility index (Phi) is 7.80. The molecule has 3 aromatic rings. The smallest absolute Gasteiger partial charge is 0.337 e. The molecule has 39 heavy (non-hydrogen) atoms. The summed E-state index contributed by atoms with van der Waals surface area (Å²) in [7, 11) is 1.31. The molecule has 2 aliphatic heterocycles. The number of carbonyl (C=O) groups is 4. The number of nitrogens with zero attached hydrogens (tertiary/aromatic N) is 2. The van der Waals surface area contributed by atoms with Gasteiger partial charge in [0.1, 0.15) is 18.1 Å². The van der Waals surface area contributed by atoms with Crippen LogP contribution in [0.5, 0.6) is 0 Å². The number of thioether (sulfide) groups is 1. The molecule has 5 rings (SSSR count). The van der Waals surface area contributed by atoms with Crippen LogP contribution >= 0.6 is 11.8 Å². The van der Waals surface area contributed by atoms with Gasteiger partial charge in [0.25, 0.3) is 11.1 Å². The van der Waals surface area contributed by atoms with E-state index in [9.17, 15) is 19.2 Å². The van der Waals surface area contributed by atoms with Gasteiger partial charge in [-0.1, -0.05) is 24.3 Å². The van der Waals surface area contributed by atoms with E-state index in [1.807, 2.05) is 18.2 Å². The van der Waals surface area contributed by atoms with Crippen LogP contribution in [0, 0.1) is 0 Å². The average Bonchev–Trinajstić information content (AvgIpc) is 3.53. The zero-order valence-corrected chi connectivity index (χ0v) is 21.9. The van der Waals surface area contributed by atoms with Gasteiger partial charge in [-0.05, 0) is 48.2 Å². The Morgan fingerprint density at radius 1 is 1.03 bits per heavy atom. The molecule has 11 heteroatoms. The molecule has 1 N–H and O–H groups in total. The van der Waals surface area contributed by atoms with Crippen molar-refractivity contribution in [3.63, 3.8) is 0 Å². The predicted octanol–water partition coefficient (Wildman–Crippen LogP) is 4.24. The van der Waals surface area contributed by atoms with Crippen LogP contribution in [0.2, 0.25) is 0 Å². The Morgan fingerprint density at radius 3 is 2.51 bits per heavy atom. The third-order valence-electron chi connectivity index (χ3n) is 6.20. The topological polar surface area (TPSA) is 118 Å². The van der Waals surface area contributed by atoms with Crippen LogP contribution in [0.3, 0.4) is 0 Å². The average molecular weight is 548 g/mol. The van der Waals surface area contributed by atoms with E-state index in [4.69, 9.17) is 13.9 Å². The molecular weight excluding hydrogens is 522 g/mol. The van der Waals surface area contributed by atoms with E-state index in [0.29, 0.717) is 49.1 Å². The standard InChI is InChI=1S/C28H25N3O7S/c1-36-27(34)19-8-6-18(7-9-19)23-11-10-20(38-23)16-24-26(33)31(28(35)39-24)17-25(32)29-21-4-2-3-5-22(21)30-12-14-37-15-13-30/h2-11,16H,12-15,17H2,1H3,(H,29,32)/b24-16+. The molecule has 0 spiro atoms. The second-order valence-corrected chi connectivity index (χ2v) is 9.70. The molecule has 0 atom stereocenters. The van der Waals surface area contributed by atoms with E-state index in [2.05, 4.69) is 10.2 Å². The highest BCUT2D eigenvalue weighted by Gasteiger charge is 2.36. The Hall–Kier alpha value is -4.35. The first-order valence-electron chi connectivity index (χ1n) is 12.2. The highest BCUT2D eigenvalue weighted by Crippen LogP contribution is 2.34. The number of anilines is 2. The van der Waals surface area contributed by atoms with Gasteiger partial charge >= 0.3 is 5.97 Å². The summed E-state index contributed by atoms with van der Waals surface area (Å²) in [6.07, 6.45) is 1.48. The maximum atomic E-state index is 13.0. The van der Waals surface area contributed by atoms with Crippen molar-refractivity contribution in [2.24, 2.45) is 0 Å². The number of para-hydroxylation sites is 2. The first kappa shape index (κ1) is 26.3. The fraction of sp³-hybridized carbons (Fsp3) is 0.214. The van der Waals surface area contributed by atoms with Gasteiger partial charge in [0.2, 0.25) is 5.91 Å². The molecule has 0 aliphatic carbocycles. The number of furan rings is 1. The molecule has 0 bridgehead atoms. The van der Waals surface area contributed by atoms with Crippen molar-refractivity contribution in [1.29, 1.82) is 0 Å². The molecule has 2 aliphatic rings. The van der Waals surface area contributed by atoms with Gasteiger partial charge in [-0.3, -0.25) is 19.3 Å². The zero-order valence-electron chi connectivity index (χ0n) is 21.0. The first-order chi connectivity index (χ1) is 18.9. The maximum absolute atomic E-state index is 13.0. The van der Waals surface area contributed by atoms with Crippen LogP contribution in [0.1, 0.15) is 16.1 Å². The Balaban J connectivity index is 1.24. The summed E-state index contributed by atoms with van der Waals surface area (Å²) < 4.78 is 15.9. The van der Waals surface area contributed by atoms with Gasteiger partial charge in [0, 0.05) is 24.7 Å². The quantitative estimate of drug-likeness (QED) is 0.342. The van der Waals surface area contributed by atoms with Crippen LogP contribution in [0.25, 0.3) is 17.4 Å². The van der Waals surface area contributed by atoms with Crippen molar-refractivity contribution in [2.75, 3.05) is 50.2 Å². The minimum absolute atomic E-state index is 0.156. The minimum atomic E-state index is -0.568. The lowest BCUT2D eigenvalue weighted by Gasteiger charge is -2.30. The maximum Gasteiger partial charge on any atom is 0.337 e. The predicted molar refractivity (Wildman–Crippen MR) is 146 cm³/mol. The van der Waals surface area contributed by atoms with E-state index in [0.717, 1.165) is 27.9 Å². The SMILES string of the molecule is COC(=O)c1ccc(-c2ccc(/C=C3/SC(=O)N(CC(=O)Nc4ccccc4N4CCOCC4)C3=O)o2)cc1. The lowest BCUT2D eigenvalue weighted by Crippen LogP contribution is -2.38. The summed E-state index contributed by atoms with van der Waals surface area (Å²) in [6, 6.07) is 17.5. The first-order valence-corrected chi connectivity index (χ1v) is 13.0. The number of amides is 3. The van der Waals surface area contributed by atoms with E-state index < -0.39 is 29.6 Å². The van der Waals surface area contributed by atoms with Crippen molar-refractivity contribution in [3.05, 3.63) is 76.9 Å². The number of ether oxygens (including phenoxy) is 2. The van der Waals surface area contributed by atoms with Gasteiger partial charge < -0.3 is 24.1 Å². The summed E-state index contributed by atoms with van der Waals surface area (Å²) in [4.78, 5) is 53.2. The van der Waals surface area contributed by atoms with Crippen molar-refractivity contribution >= 4 is 52.2 Å². The third-order valence-corrected chi connectivity index (χ3v) is 7.10. The van der Waals surface area contributed by atoms with Crippen LogP contribution < -0.4 is 10.2 Å². The van der Waals surface area contributed by atoms with Gasteiger partial charge in [-0.2, -0.15) is 0 Å². The number of hydrogen-bond acceptors (Lipinski definition) is 9. The van der Waals surface area contributed by atoms with Crippen molar-refractivity contribution in [3.8, 4) is 11.3 Å². The summed E-state index contributed by atoms with van der Waals surface area (Å²) >= 11 is 0.749. The van der Waals surface area contributed by atoms with Crippen LogP contribution in [0.4, 0.5) is 16.2 Å². The third kappa shape index (κ3) is 5.89. The molecule has 0 radical (unpaired) electrons. The van der Waals surface area contributed by atoms with E-state index in [1.54, 1.807) is 42.5 Å². The van der Waals surface area contributed by atoms with Crippen molar-refractivity contribution in [1.82, 2.24) is 4.90 Å². The van der Waals surface area contributed by atoms with Gasteiger partial charge in [0.05, 0.1) is 42.2 Å². The number of nitrogens with one attached hydrogen (secondary N) is 1. The highest BCUT2D eigenvalue weighted by molar-refractivity contribution is 8.18. The molecule has 2 saturated heterocycles. The highest BCUT2D eigenvalue weighted by atomic mass is 32.2. The summed E-state index contributed by atoms with van der Waals surface area (Å²) in [5.41, 5.74) is 2.60. The molecule has 200 valence electrons. The van der Waals surface area contributed by atoms with E-state index >= 15 is 0 Å². The number of benzene rings is 2. The normalized spacial score (nSPS) is 16.6. The van der Waals surface area contributed by atoms with Crippen LogP contribution in [-0.4, -0.2) is 67.9 Å². The molecule has 2 fully saturated rings. The van der Waals surface area contributed by atoms with E-state index in [1.165, 1.54) is 13.2 Å². The van der Waals surface area contributed by atoms with Gasteiger partial charge in [0.15, 0.2) is 0 Å². The van der Waals surface area contributed by atoms with Crippen LogP contribution in [0.15, 0.2) is 70.0 Å². The largest absolute Gasteiger partial charge is 0.465 e. The summed E-state index contributed by atoms with van der Waals surface area (Å²) in [5, 5.41) is 2.30. The molecule has 10 nitrogen and oxygen atoms in total. The number of imide groups is 1. The van der Waals surface area contributed by atoms with Gasteiger partial charge in [-0.15, -0.1) is 0 Å². The monoisotopic (exact) mass is 547 g/mol. The molecule has 0 saturated carbocycles. The Morgan fingerprint density at radius 2 is 1.77 bits per heavy atom. The molecule has 3 amide bonds. The van der Waals surface area contributed by atoms with Gasteiger partial charge in [-0.25, -0.2) is 4.79 Å². The summed E-state index contributed by atoms with van der Waals surface area (Å²) in [6.45, 7) is 2.20. The number of morpholine rings is 1. The Labute approximate surface area is 228 Å². The lowest BCUT2D eigenvalue weighted by molar-refractivity contribution is -0.127. The number of esters is 1. The molecular formula is C28H25N3O7S. The number of hydrogen-bond donors (Lipinski definition) is 1. The molecule has 0 unspecified atom stereocenters. The number of methoxy groups -OCH3 is 1. The molecule has 3 heterocycles. The van der Waals surface area contributed by atoms with Crippen molar-refractivity contribution < 1.29 is 33.1 Å². The minimum Gasteiger partial charge on any atom is -0.465 e. The molecule has 2 aromatic carbocycles. The number of rotatable bonds is 7. The fourth-order valence-corrected chi connectivity index (χ4v) is 5.05. The lowest BCUT2D eigenvalue weighted by atomic mass is 10.1. The fourth-order valence-electron chi connectivity index (χ4n) is 4.23. The summed E-state index contributed by atoms with van der Waals surface area (Å²) in [5.74, 6) is -0.587. The zero-order chi connectivity index (χ0) is 27.4. The number of carbonyl (C=O) groups excluding carboxylic acids is 4.